The van der Waals surface area contributed by atoms with Gasteiger partial charge in [-0.3, -0.25) is 9.59 Å². The number of hydrogen-bond donors (Lipinski definition) is 1. The zero-order chi connectivity index (χ0) is 14.8. The third kappa shape index (κ3) is 3.56. The van der Waals surface area contributed by atoms with Crippen LogP contribution in [-0.4, -0.2) is 41.3 Å². The molecule has 0 atom stereocenters. The van der Waals surface area contributed by atoms with Gasteiger partial charge in [-0.15, -0.1) is 11.3 Å². The molecule has 6 heteroatoms. The van der Waals surface area contributed by atoms with E-state index in [1.165, 1.54) is 11.3 Å². The molecule has 1 aromatic heterocycles. The first-order valence-corrected chi connectivity index (χ1v) is 7.72. The number of thiazole rings is 1. The summed E-state index contributed by atoms with van der Waals surface area (Å²) in [5.74, 6) is -0.220. The van der Waals surface area contributed by atoms with Gasteiger partial charge in [-0.2, -0.15) is 0 Å². The molecular formula is C14H21N3O2S. The van der Waals surface area contributed by atoms with Crippen molar-refractivity contribution in [1.82, 2.24) is 15.2 Å². The third-order valence-corrected chi connectivity index (χ3v) is 4.65. The van der Waals surface area contributed by atoms with Gasteiger partial charge < -0.3 is 10.2 Å². The number of likely N-dealkylation sites (tertiary alicyclic amines) is 1. The third-order valence-electron chi connectivity index (χ3n) is 3.23. The van der Waals surface area contributed by atoms with E-state index in [1.807, 2.05) is 0 Å². The largest absolute Gasteiger partial charge is 0.342 e. The fraction of sp³-hybridized carbons (Fsp3) is 0.643. The summed E-state index contributed by atoms with van der Waals surface area (Å²) in [4.78, 5) is 30.5. The molecule has 0 radical (unpaired) electrons. The van der Waals surface area contributed by atoms with E-state index < -0.39 is 0 Å². The molecule has 2 heterocycles. The van der Waals surface area contributed by atoms with Crippen LogP contribution < -0.4 is 5.32 Å². The number of aromatic nitrogens is 1. The van der Waals surface area contributed by atoms with Crippen LogP contribution in [0.2, 0.25) is 0 Å². The van der Waals surface area contributed by atoms with Crippen molar-refractivity contribution in [2.75, 3.05) is 19.6 Å². The highest BCUT2D eigenvalue weighted by Gasteiger charge is 2.22. The summed E-state index contributed by atoms with van der Waals surface area (Å²) in [6.07, 6.45) is 3.70. The van der Waals surface area contributed by atoms with Crippen molar-refractivity contribution in [3.63, 3.8) is 0 Å². The van der Waals surface area contributed by atoms with Gasteiger partial charge in [-0.1, -0.05) is 20.8 Å². The smallest absolute Gasteiger partial charge is 0.263 e. The van der Waals surface area contributed by atoms with Crippen molar-refractivity contribution >= 4 is 23.2 Å². The van der Waals surface area contributed by atoms with Crippen LogP contribution >= 0.6 is 11.3 Å². The highest BCUT2D eigenvalue weighted by atomic mass is 32.1. The van der Waals surface area contributed by atoms with Crippen LogP contribution in [0.1, 0.15) is 48.3 Å². The van der Waals surface area contributed by atoms with Crippen LogP contribution in [0.15, 0.2) is 6.20 Å². The van der Waals surface area contributed by atoms with Gasteiger partial charge in [0.1, 0.15) is 4.88 Å². The molecule has 2 rings (SSSR count). The molecule has 1 saturated heterocycles. The molecule has 1 aromatic rings. The molecule has 0 aliphatic carbocycles. The number of carbonyl (C=O) groups is 2. The number of carbonyl (C=O) groups excluding carboxylic acids is 2. The van der Waals surface area contributed by atoms with Crippen LogP contribution in [0.25, 0.3) is 0 Å². The average molecular weight is 295 g/mol. The Kier molecular flexibility index (Phi) is 4.42. The summed E-state index contributed by atoms with van der Waals surface area (Å²) in [7, 11) is 0. The predicted octanol–water partition coefficient (Wildman–Crippen LogP) is 1.79. The summed E-state index contributed by atoms with van der Waals surface area (Å²) < 4.78 is 0. The molecule has 0 saturated carbocycles. The Morgan fingerprint density at radius 3 is 2.55 bits per heavy atom. The summed E-state index contributed by atoms with van der Waals surface area (Å²) in [5, 5.41) is 3.61. The topological polar surface area (TPSA) is 62.3 Å². The quantitative estimate of drug-likeness (QED) is 0.925. The fourth-order valence-electron chi connectivity index (χ4n) is 2.05. The van der Waals surface area contributed by atoms with Crippen molar-refractivity contribution in [2.45, 2.75) is 39.0 Å². The Labute approximate surface area is 123 Å². The van der Waals surface area contributed by atoms with E-state index in [1.54, 1.807) is 11.1 Å². The average Bonchev–Trinajstić information content (AvgIpc) is 3.04. The van der Waals surface area contributed by atoms with Gasteiger partial charge in [0.05, 0.1) is 17.7 Å². The summed E-state index contributed by atoms with van der Waals surface area (Å²) in [5.41, 5.74) is -0.0609. The Balaban J connectivity index is 1.88. The van der Waals surface area contributed by atoms with Crippen LogP contribution in [-0.2, 0) is 10.2 Å². The normalized spacial score (nSPS) is 15.4. The van der Waals surface area contributed by atoms with Gasteiger partial charge in [0.25, 0.3) is 5.91 Å². The second kappa shape index (κ2) is 5.91. The van der Waals surface area contributed by atoms with Crippen LogP contribution in [0.5, 0.6) is 0 Å². The van der Waals surface area contributed by atoms with Gasteiger partial charge in [0, 0.05) is 18.5 Å². The number of nitrogens with one attached hydrogen (secondary N) is 1. The minimum atomic E-state index is -0.217. The first-order chi connectivity index (χ1) is 9.38. The van der Waals surface area contributed by atoms with E-state index in [-0.39, 0.29) is 23.8 Å². The van der Waals surface area contributed by atoms with Crippen molar-refractivity contribution in [1.29, 1.82) is 0 Å². The first-order valence-electron chi connectivity index (χ1n) is 6.90. The summed E-state index contributed by atoms with van der Waals surface area (Å²) in [6, 6.07) is 0. The van der Waals surface area contributed by atoms with Gasteiger partial charge in [-0.05, 0) is 12.8 Å². The maximum Gasteiger partial charge on any atom is 0.263 e. The Bertz CT molecular complexity index is 499. The molecule has 1 aliphatic rings. The van der Waals surface area contributed by atoms with Gasteiger partial charge >= 0.3 is 0 Å². The second-order valence-electron chi connectivity index (χ2n) is 6.05. The SMILES string of the molecule is CC(C)(C)c1ncc(C(=O)NCC(=O)N2CCCC2)s1. The van der Waals surface area contributed by atoms with Crippen LogP contribution in [0.4, 0.5) is 0 Å². The fourth-order valence-corrected chi connectivity index (χ4v) is 2.94. The molecule has 0 spiro atoms. The first kappa shape index (κ1) is 15.0. The van der Waals surface area contributed by atoms with E-state index in [9.17, 15) is 9.59 Å². The highest BCUT2D eigenvalue weighted by Crippen LogP contribution is 2.26. The lowest BCUT2D eigenvalue weighted by Crippen LogP contribution is -2.38. The summed E-state index contributed by atoms with van der Waals surface area (Å²) in [6.45, 7) is 7.87. The molecule has 1 fully saturated rings. The van der Waals surface area contributed by atoms with Crippen molar-refractivity contribution in [3.05, 3.63) is 16.1 Å². The maximum absolute atomic E-state index is 12.0. The molecule has 5 nitrogen and oxygen atoms in total. The van der Waals surface area contributed by atoms with Crippen molar-refractivity contribution < 1.29 is 9.59 Å². The lowest BCUT2D eigenvalue weighted by atomic mass is 9.98. The second-order valence-corrected chi connectivity index (χ2v) is 7.08. The molecule has 2 amide bonds. The van der Waals surface area contributed by atoms with Crippen molar-refractivity contribution in [2.24, 2.45) is 0 Å². The lowest BCUT2D eigenvalue weighted by Gasteiger charge is -2.15. The number of amides is 2. The van der Waals surface area contributed by atoms with Gasteiger partial charge in [0.2, 0.25) is 5.91 Å². The molecule has 20 heavy (non-hydrogen) atoms. The van der Waals surface area contributed by atoms with Crippen LogP contribution in [0, 0.1) is 0 Å². The zero-order valence-corrected chi connectivity index (χ0v) is 13.0. The molecule has 1 aliphatic heterocycles. The van der Waals surface area contributed by atoms with Crippen LogP contribution in [0.3, 0.4) is 0 Å². The molecule has 0 bridgehead atoms. The monoisotopic (exact) mass is 295 g/mol. The summed E-state index contributed by atoms with van der Waals surface area (Å²) >= 11 is 1.38. The zero-order valence-electron chi connectivity index (χ0n) is 12.2. The highest BCUT2D eigenvalue weighted by molar-refractivity contribution is 7.13. The number of rotatable bonds is 3. The molecule has 110 valence electrons. The molecule has 0 aromatic carbocycles. The minimum absolute atomic E-state index is 0.00332. The van der Waals surface area contributed by atoms with E-state index in [2.05, 4.69) is 31.1 Å². The molecular weight excluding hydrogens is 274 g/mol. The van der Waals surface area contributed by atoms with E-state index in [4.69, 9.17) is 0 Å². The molecule has 0 unspecified atom stereocenters. The number of hydrogen-bond acceptors (Lipinski definition) is 4. The van der Waals surface area contributed by atoms with E-state index >= 15 is 0 Å². The van der Waals surface area contributed by atoms with Gasteiger partial charge in [-0.25, -0.2) is 4.98 Å². The van der Waals surface area contributed by atoms with E-state index in [0.717, 1.165) is 30.9 Å². The molecule has 1 N–H and O–H groups in total. The lowest BCUT2D eigenvalue weighted by molar-refractivity contribution is -0.129. The Morgan fingerprint density at radius 1 is 1.35 bits per heavy atom. The maximum atomic E-state index is 12.0. The van der Waals surface area contributed by atoms with E-state index in [0.29, 0.717) is 4.88 Å². The Morgan fingerprint density at radius 2 is 2.00 bits per heavy atom. The van der Waals surface area contributed by atoms with Crippen molar-refractivity contribution in [3.8, 4) is 0 Å². The minimum Gasteiger partial charge on any atom is -0.342 e. The number of nitrogens with zero attached hydrogens (tertiary/aromatic N) is 2. The Hall–Kier alpha value is -1.43. The standard InChI is InChI=1S/C14H21N3O2S/c1-14(2,3)13-16-8-10(20-13)12(19)15-9-11(18)17-6-4-5-7-17/h8H,4-7,9H2,1-3H3,(H,15,19). The predicted molar refractivity (Wildman–Crippen MR) is 79.0 cm³/mol. The van der Waals surface area contributed by atoms with Gasteiger partial charge in [0.15, 0.2) is 0 Å².